The summed E-state index contributed by atoms with van der Waals surface area (Å²) in [5, 5.41) is 12.1. The second-order valence-corrected chi connectivity index (χ2v) is 5.47. The molecule has 1 saturated heterocycles. The third-order valence-electron chi connectivity index (χ3n) is 3.39. The maximum Gasteiger partial charge on any atom is 0.393 e. The van der Waals surface area contributed by atoms with E-state index in [0.29, 0.717) is 25.9 Å². The number of piperidine rings is 1. The van der Waals surface area contributed by atoms with Gasteiger partial charge >= 0.3 is 6.18 Å². The number of nitrogens with zero attached hydrogens (tertiary/aromatic N) is 2. The van der Waals surface area contributed by atoms with E-state index in [2.05, 4.69) is 11.4 Å². The molecule has 0 aliphatic carbocycles. The molecule has 1 fully saturated rings. The largest absolute Gasteiger partial charge is 0.393 e. The Kier molecular flexibility index (Phi) is 6.08. The van der Waals surface area contributed by atoms with Gasteiger partial charge in [0.25, 0.3) is 0 Å². The van der Waals surface area contributed by atoms with Crippen molar-refractivity contribution in [3.05, 3.63) is 0 Å². The van der Waals surface area contributed by atoms with Gasteiger partial charge in [-0.1, -0.05) is 0 Å². The molecule has 0 aromatic rings. The molecule has 1 aliphatic heterocycles. The van der Waals surface area contributed by atoms with Crippen LogP contribution in [0.1, 0.15) is 33.1 Å². The van der Waals surface area contributed by atoms with Crippen molar-refractivity contribution in [1.29, 1.82) is 5.26 Å². The number of likely N-dealkylation sites (tertiary alicyclic amines) is 1. The molecule has 1 heterocycles. The molecule has 0 aromatic carbocycles. The van der Waals surface area contributed by atoms with Gasteiger partial charge in [-0.05, 0) is 39.7 Å². The number of rotatable bonds is 5. The molecule has 110 valence electrons. The molecule has 0 aromatic heterocycles. The van der Waals surface area contributed by atoms with Gasteiger partial charge in [-0.3, -0.25) is 5.32 Å². The minimum Gasteiger partial charge on any atom is -0.303 e. The van der Waals surface area contributed by atoms with E-state index in [1.54, 1.807) is 0 Å². The van der Waals surface area contributed by atoms with Crippen LogP contribution in [0.5, 0.6) is 0 Å². The van der Waals surface area contributed by atoms with Crippen molar-refractivity contribution in [3.63, 3.8) is 0 Å². The van der Waals surface area contributed by atoms with E-state index in [1.165, 1.54) is 0 Å². The summed E-state index contributed by atoms with van der Waals surface area (Å²) in [7, 11) is 0. The molecular formula is C13H22F3N3. The molecule has 0 spiro atoms. The van der Waals surface area contributed by atoms with Crippen molar-refractivity contribution in [3.8, 4) is 6.07 Å². The van der Waals surface area contributed by atoms with Crippen molar-refractivity contribution in [2.45, 2.75) is 51.4 Å². The molecule has 1 rings (SSSR count). The second kappa shape index (κ2) is 7.11. The molecule has 0 radical (unpaired) electrons. The maximum absolute atomic E-state index is 12.7. The van der Waals surface area contributed by atoms with Gasteiger partial charge in [0.1, 0.15) is 0 Å². The Morgan fingerprint density at radius 1 is 1.42 bits per heavy atom. The zero-order valence-corrected chi connectivity index (χ0v) is 11.5. The first-order valence-electron chi connectivity index (χ1n) is 6.77. The van der Waals surface area contributed by atoms with Crippen LogP contribution in [0.15, 0.2) is 0 Å². The Hall–Kier alpha value is -0.800. The first-order chi connectivity index (χ1) is 8.82. The Bertz CT molecular complexity index is 309. The Morgan fingerprint density at radius 2 is 2.11 bits per heavy atom. The molecule has 2 atom stereocenters. The molecular weight excluding hydrogens is 255 g/mol. The first kappa shape index (κ1) is 16.3. The van der Waals surface area contributed by atoms with E-state index >= 15 is 0 Å². The van der Waals surface area contributed by atoms with Crippen molar-refractivity contribution >= 4 is 0 Å². The minimum atomic E-state index is -4.09. The van der Waals surface area contributed by atoms with Gasteiger partial charge in [-0.25, -0.2) is 0 Å². The molecule has 19 heavy (non-hydrogen) atoms. The topological polar surface area (TPSA) is 39.1 Å². The molecule has 0 saturated carbocycles. The quantitative estimate of drug-likeness (QED) is 0.839. The SMILES string of the molecule is CC(C)NC(C#N)CCN1CCCC(C(F)(F)F)C1. The van der Waals surface area contributed by atoms with E-state index in [4.69, 9.17) is 5.26 Å². The minimum absolute atomic E-state index is 0.0727. The number of alkyl halides is 3. The van der Waals surface area contributed by atoms with E-state index in [9.17, 15) is 13.2 Å². The lowest BCUT2D eigenvalue weighted by molar-refractivity contribution is -0.186. The third kappa shape index (κ3) is 5.79. The molecule has 6 heteroatoms. The van der Waals surface area contributed by atoms with Crippen LogP contribution in [0, 0.1) is 17.2 Å². The summed E-state index contributed by atoms with van der Waals surface area (Å²) in [6, 6.07) is 2.07. The molecule has 1 N–H and O–H groups in total. The van der Waals surface area contributed by atoms with Gasteiger partial charge in [0, 0.05) is 19.1 Å². The highest BCUT2D eigenvalue weighted by molar-refractivity contribution is 4.91. The van der Waals surface area contributed by atoms with Crippen molar-refractivity contribution in [2.24, 2.45) is 5.92 Å². The third-order valence-corrected chi connectivity index (χ3v) is 3.39. The average Bonchev–Trinajstić information content (AvgIpc) is 2.33. The number of hydrogen-bond acceptors (Lipinski definition) is 3. The Balaban J connectivity index is 2.38. The van der Waals surface area contributed by atoms with Crippen LogP contribution in [-0.2, 0) is 0 Å². The lowest BCUT2D eigenvalue weighted by Gasteiger charge is -2.34. The smallest absolute Gasteiger partial charge is 0.303 e. The fourth-order valence-electron chi connectivity index (χ4n) is 2.42. The lowest BCUT2D eigenvalue weighted by Crippen LogP contribution is -2.44. The summed E-state index contributed by atoms with van der Waals surface area (Å²) in [4.78, 5) is 1.83. The van der Waals surface area contributed by atoms with Crippen LogP contribution in [0.2, 0.25) is 0 Å². The molecule has 2 unspecified atom stereocenters. The fourth-order valence-corrected chi connectivity index (χ4v) is 2.42. The highest BCUT2D eigenvalue weighted by atomic mass is 19.4. The van der Waals surface area contributed by atoms with Gasteiger partial charge in [0.2, 0.25) is 0 Å². The second-order valence-electron chi connectivity index (χ2n) is 5.47. The number of nitrogens with one attached hydrogen (secondary N) is 1. The van der Waals surface area contributed by atoms with Gasteiger partial charge in [0.05, 0.1) is 18.0 Å². The van der Waals surface area contributed by atoms with Gasteiger partial charge in [-0.2, -0.15) is 18.4 Å². The van der Waals surface area contributed by atoms with Crippen LogP contribution in [0.4, 0.5) is 13.2 Å². The molecule has 3 nitrogen and oxygen atoms in total. The molecule has 1 aliphatic rings. The molecule has 0 amide bonds. The van der Waals surface area contributed by atoms with Gasteiger partial charge in [0.15, 0.2) is 0 Å². The number of halogens is 3. The van der Waals surface area contributed by atoms with Crippen molar-refractivity contribution in [2.75, 3.05) is 19.6 Å². The summed E-state index contributed by atoms with van der Waals surface area (Å²) in [5.41, 5.74) is 0. The van der Waals surface area contributed by atoms with Crippen LogP contribution >= 0.6 is 0 Å². The fraction of sp³-hybridized carbons (Fsp3) is 0.923. The normalized spacial score (nSPS) is 23.3. The Morgan fingerprint density at radius 3 is 2.63 bits per heavy atom. The highest BCUT2D eigenvalue weighted by Crippen LogP contribution is 2.33. The standard InChI is InChI=1S/C13H22F3N3/c1-10(2)18-12(8-17)5-7-19-6-3-4-11(9-19)13(14,15)16/h10-12,18H,3-7,9H2,1-2H3. The van der Waals surface area contributed by atoms with E-state index in [0.717, 1.165) is 0 Å². The highest BCUT2D eigenvalue weighted by Gasteiger charge is 2.41. The van der Waals surface area contributed by atoms with Crippen LogP contribution in [0.25, 0.3) is 0 Å². The zero-order chi connectivity index (χ0) is 14.5. The summed E-state index contributed by atoms with van der Waals surface area (Å²) < 4.78 is 38.0. The first-order valence-corrected chi connectivity index (χ1v) is 6.77. The molecule has 0 bridgehead atoms. The lowest BCUT2D eigenvalue weighted by atomic mass is 9.97. The summed E-state index contributed by atoms with van der Waals surface area (Å²) in [6.07, 6.45) is -2.71. The van der Waals surface area contributed by atoms with Crippen LogP contribution in [0.3, 0.4) is 0 Å². The average molecular weight is 277 g/mol. The maximum atomic E-state index is 12.7. The van der Waals surface area contributed by atoms with Crippen LogP contribution < -0.4 is 5.32 Å². The van der Waals surface area contributed by atoms with E-state index in [-0.39, 0.29) is 25.0 Å². The van der Waals surface area contributed by atoms with Gasteiger partial charge in [-0.15, -0.1) is 0 Å². The zero-order valence-electron chi connectivity index (χ0n) is 11.5. The number of nitriles is 1. The predicted molar refractivity (Wildman–Crippen MR) is 67.5 cm³/mol. The van der Waals surface area contributed by atoms with Crippen molar-refractivity contribution in [1.82, 2.24) is 10.2 Å². The van der Waals surface area contributed by atoms with E-state index in [1.807, 2.05) is 18.7 Å². The summed E-state index contributed by atoms with van der Waals surface area (Å²) in [5.74, 6) is -1.21. The van der Waals surface area contributed by atoms with Gasteiger partial charge < -0.3 is 4.90 Å². The summed E-state index contributed by atoms with van der Waals surface area (Å²) >= 11 is 0. The van der Waals surface area contributed by atoms with Crippen molar-refractivity contribution < 1.29 is 13.2 Å². The van der Waals surface area contributed by atoms with E-state index < -0.39 is 12.1 Å². The van der Waals surface area contributed by atoms with Crippen LogP contribution in [-0.4, -0.2) is 42.8 Å². The predicted octanol–water partition coefficient (Wildman–Crippen LogP) is 2.54. The monoisotopic (exact) mass is 277 g/mol. The summed E-state index contributed by atoms with van der Waals surface area (Å²) in [6.45, 7) is 5.22. The number of hydrogen-bond donors (Lipinski definition) is 1. The Labute approximate surface area is 112 Å².